The molecule has 0 radical (unpaired) electrons. The van der Waals surface area contributed by atoms with Crippen LogP contribution in [0.1, 0.15) is 25.3 Å². The second-order valence-electron chi connectivity index (χ2n) is 6.41. The Balaban J connectivity index is 1.67. The summed E-state index contributed by atoms with van der Waals surface area (Å²) >= 11 is 0. The quantitative estimate of drug-likeness (QED) is 0.931. The average Bonchev–Trinajstić information content (AvgIpc) is 2.82. The first kappa shape index (κ1) is 13.4. The maximum atomic E-state index is 4.51. The van der Waals surface area contributed by atoms with Gasteiger partial charge in [0.25, 0.3) is 0 Å². The number of nitrogens with one attached hydrogen (secondary N) is 1. The van der Waals surface area contributed by atoms with Gasteiger partial charge in [-0.25, -0.2) is 4.52 Å². The summed E-state index contributed by atoms with van der Waals surface area (Å²) in [5.74, 6) is 0.732. The standard InChI is InChI=1S/C15H23N5/c1-12-4-5-13-17-14(18-20(13)10-12)16-11-15(2)6-8-19(3)9-7-15/h4-5,10H,6-9,11H2,1-3H3,(H,16,18). The number of likely N-dealkylation sites (tertiary alicyclic amines) is 1. The summed E-state index contributed by atoms with van der Waals surface area (Å²) in [6.45, 7) is 7.71. The molecule has 0 aliphatic carbocycles. The van der Waals surface area contributed by atoms with Gasteiger partial charge in [0.15, 0.2) is 5.65 Å². The third-order valence-corrected chi connectivity index (χ3v) is 4.35. The highest BCUT2D eigenvalue weighted by atomic mass is 15.3. The molecule has 5 nitrogen and oxygen atoms in total. The smallest absolute Gasteiger partial charge is 0.243 e. The van der Waals surface area contributed by atoms with Crippen molar-refractivity contribution in [2.45, 2.75) is 26.7 Å². The molecule has 0 aromatic carbocycles. The lowest BCUT2D eigenvalue weighted by Gasteiger charge is -2.37. The first-order chi connectivity index (χ1) is 9.54. The molecule has 1 aliphatic rings. The second-order valence-corrected chi connectivity index (χ2v) is 6.41. The zero-order chi connectivity index (χ0) is 14.2. The molecule has 1 saturated heterocycles. The van der Waals surface area contributed by atoms with E-state index in [1.165, 1.54) is 31.5 Å². The minimum absolute atomic E-state index is 0.347. The fourth-order valence-electron chi connectivity index (χ4n) is 2.69. The van der Waals surface area contributed by atoms with Crippen LogP contribution < -0.4 is 5.32 Å². The van der Waals surface area contributed by atoms with Gasteiger partial charge in [-0.1, -0.05) is 13.0 Å². The molecule has 20 heavy (non-hydrogen) atoms. The van der Waals surface area contributed by atoms with Crippen molar-refractivity contribution in [2.24, 2.45) is 5.41 Å². The van der Waals surface area contributed by atoms with Crippen molar-refractivity contribution in [1.82, 2.24) is 19.5 Å². The minimum atomic E-state index is 0.347. The Hall–Kier alpha value is -1.62. The van der Waals surface area contributed by atoms with Gasteiger partial charge >= 0.3 is 0 Å². The second kappa shape index (κ2) is 5.05. The van der Waals surface area contributed by atoms with Crippen LogP contribution in [0, 0.1) is 12.3 Å². The van der Waals surface area contributed by atoms with Crippen LogP contribution >= 0.6 is 0 Å². The number of hydrogen-bond donors (Lipinski definition) is 1. The van der Waals surface area contributed by atoms with Gasteiger partial charge in [0, 0.05) is 12.7 Å². The van der Waals surface area contributed by atoms with Crippen LogP contribution in [0.3, 0.4) is 0 Å². The number of pyridine rings is 1. The molecule has 1 fully saturated rings. The van der Waals surface area contributed by atoms with E-state index >= 15 is 0 Å². The SMILES string of the molecule is Cc1ccc2nc(NCC3(C)CCN(C)CC3)nn2c1. The molecular formula is C15H23N5. The molecule has 2 aromatic rings. The Morgan fingerprint density at radius 1 is 1.30 bits per heavy atom. The molecule has 0 unspecified atom stereocenters. The van der Waals surface area contributed by atoms with Crippen LogP contribution in [-0.2, 0) is 0 Å². The molecule has 3 rings (SSSR count). The highest BCUT2D eigenvalue weighted by molar-refractivity contribution is 5.44. The van der Waals surface area contributed by atoms with Crippen molar-refractivity contribution < 1.29 is 0 Å². The Labute approximate surface area is 120 Å². The van der Waals surface area contributed by atoms with Crippen molar-refractivity contribution in [3.05, 3.63) is 23.9 Å². The lowest BCUT2D eigenvalue weighted by molar-refractivity contribution is 0.150. The third kappa shape index (κ3) is 2.77. The number of piperidine rings is 1. The van der Waals surface area contributed by atoms with E-state index in [4.69, 9.17) is 0 Å². The van der Waals surface area contributed by atoms with Crippen LogP contribution in [0.4, 0.5) is 5.95 Å². The summed E-state index contributed by atoms with van der Waals surface area (Å²) in [6, 6.07) is 4.07. The summed E-state index contributed by atoms with van der Waals surface area (Å²) in [6.07, 6.45) is 4.46. The summed E-state index contributed by atoms with van der Waals surface area (Å²) in [7, 11) is 2.19. The molecule has 108 valence electrons. The topological polar surface area (TPSA) is 45.5 Å². The van der Waals surface area contributed by atoms with Crippen molar-refractivity contribution in [1.29, 1.82) is 0 Å². The van der Waals surface area contributed by atoms with Gasteiger partial charge in [-0.05, 0) is 56.9 Å². The molecular weight excluding hydrogens is 250 g/mol. The molecule has 1 aliphatic heterocycles. The predicted octanol–water partition coefficient (Wildman–Crippen LogP) is 2.18. The minimum Gasteiger partial charge on any atom is -0.352 e. The van der Waals surface area contributed by atoms with Gasteiger partial charge in [-0.2, -0.15) is 4.98 Å². The van der Waals surface area contributed by atoms with Crippen LogP contribution in [-0.4, -0.2) is 46.2 Å². The maximum absolute atomic E-state index is 4.51. The largest absolute Gasteiger partial charge is 0.352 e. The van der Waals surface area contributed by atoms with E-state index in [0.717, 1.165) is 18.1 Å². The highest BCUT2D eigenvalue weighted by Crippen LogP contribution is 2.30. The molecule has 0 saturated carbocycles. The van der Waals surface area contributed by atoms with E-state index in [9.17, 15) is 0 Å². The van der Waals surface area contributed by atoms with Crippen LogP contribution in [0.15, 0.2) is 18.3 Å². The van der Waals surface area contributed by atoms with E-state index in [1.807, 2.05) is 16.8 Å². The van der Waals surface area contributed by atoms with Gasteiger partial charge in [-0.15, -0.1) is 5.10 Å². The molecule has 0 spiro atoms. The van der Waals surface area contributed by atoms with Crippen LogP contribution in [0.2, 0.25) is 0 Å². The number of fused-ring (bicyclic) bond motifs is 1. The van der Waals surface area contributed by atoms with Crippen molar-refractivity contribution in [3.63, 3.8) is 0 Å². The van der Waals surface area contributed by atoms with Crippen LogP contribution in [0.25, 0.3) is 5.65 Å². The van der Waals surface area contributed by atoms with E-state index in [-0.39, 0.29) is 0 Å². The zero-order valence-corrected chi connectivity index (χ0v) is 12.6. The number of aromatic nitrogens is 3. The van der Waals surface area contributed by atoms with Gasteiger partial charge in [-0.3, -0.25) is 0 Å². The van der Waals surface area contributed by atoms with Crippen molar-refractivity contribution >= 4 is 11.6 Å². The van der Waals surface area contributed by atoms with E-state index in [1.54, 1.807) is 0 Å². The number of aryl methyl sites for hydroxylation is 1. The van der Waals surface area contributed by atoms with Gasteiger partial charge in [0.1, 0.15) is 0 Å². The normalized spacial score (nSPS) is 19.4. The Morgan fingerprint density at radius 2 is 2.05 bits per heavy atom. The monoisotopic (exact) mass is 273 g/mol. The predicted molar refractivity (Wildman–Crippen MR) is 81.1 cm³/mol. The van der Waals surface area contributed by atoms with E-state index < -0.39 is 0 Å². The van der Waals surface area contributed by atoms with E-state index in [2.05, 4.69) is 47.3 Å². The Bertz CT molecular complexity index is 595. The molecule has 0 amide bonds. The van der Waals surface area contributed by atoms with Gasteiger partial charge < -0.3 is 10.2 Å². The molecule has 0 atom stereocenters. The number of nitrogens with zero attached hydrogens (tertiary/aromatic N) is 4. The fourth-order valence-corrected chi connectivity index (χ4v) is 2.69. The fraction of sp³-hybridized carbons (Fsp3) is 0.600. The van der Waals surface area contributed by atoms with E-state index in [0.29, 0.717) is 5.41 Å². The number of anilines is 1. The van der Waals surface area contributed by atoms with Crippen molar-refractivity contribution in [3.8, 4) is 0 Å². The first-order valence-electron chi connectivity index (χ1n) is 7.30. The molecule has 5 heteroatoms. The Kier molecular flexibility index (Phi) is 3.38. The Morgan fingerprint density at radius 3 is 2.80 bits per heavy atom. The lowest BCUT2D eigenvalue weighted by Crippen LogP contribution is -2.40. The maximum Gasteiger partial charge on any atom is 0.243 e. The first-order valence-corrected chi connectivity index (χ1v) is 7.30. The molecule has 0 bridgehead atoms. The third-order valence-electron chi connectivity index (χ3n) is 4.35. The highest BCUT2D eigenvalue weighted by Gasteiger charge is 2.28. The molecule has 1 N–H and O–H groups in total. The summed E-state index contributed by atoms with van der Waals surface area (Å²) in [5, 5.41) is 7.91. The average molecular weight is 273 g/mol. The number of rotatable bonds is 3. The zero-order valence-electron chi connectivity index (χ0n) is 12.6. The summed E-state index contributed by atoms with van der Waals surface area (Å²) in [4.78, 5) is 6.91. The summed E-state index contributed by atoms with van der Waals surface area (Å²) < 4.78 is 1.84. The van der Waals surface area contributed by atoms with Crippen LogP contribution in [0.5, 0.6) is 0 Å². The number of hydrogen-bond acceptors (Lipinski definition) is 4. The molecule has 3 heterocycles. The summed E-state index contributed by atoms with van der Waals surface area (Å²) in [5.41, 5.74) is 2.43. The van der Waals surface area contributed by atoms with Crippen molar-refractivity contribution in [2.75, 3.05) is 32.0 Å². The van der Waals surface area contributed by atoms with Gasteiger partial charge in [0.2, 0.25) is 5.95 Å². The molecule has 2 aromatic heterocycles. The van der Waals surface area contributed by atoms with Gasteiger partial charge in [0.05, 0.1) is 0 Å². The lowest BCUT2D eigenvalue weighted by atomic mass is 9.80.